The van der Waals surface area contributed by atoms with Crippen molar-refractivity contribution in [1.82, 2.24) is 9.62 Å². The van der Waals surface area contributed by atoms with Gasteiger partial charge < -0.3 is 14.8 Å². The van der Waals surface area contributed by atoms with Crippen LogP contribution in [0, 0.1) is 5.82 Å². The molecule has 1 N–H and O–H groups in total. The van der Waals surface area contributed by atoms with Gasteiger partial charge in [-0.3, -0.25) is 4.79 Å². The molecule has 9 heteroatoms. The third-order valence-corrected chi connectivity index (χ3v) is 6.06. The zero-order chi connectivity index (χ0) is 20.1. The van der Waals surface area contributed by atoms with Crippen LogP contribution in [0.25, 0.3) is 0 Å². The number of benzene rings is 2. The summed E-state index contributed by atoms with van der Waals surface area (Å²) in [5, 5.41) is 2.61. The van der Waals surface area contributed by atoms with Crippen molar-refractivity contribution >= 4 is 15.9 Å². The van der Waals surface area contributed by atoms with Crippen LogP contribution in [0.1, 0.15) is 5.56 Å². The molecule has 0 aromatic heterocycles. The third kappa shape index (κ3) is 4.60. The van der Waals surface area contributed by atoms with Crippen molar-refractivity contribution in [3.05, 3.63) is 53.8 Å². The fourth-order valence-corrected chi connectivity index (χ4v) is 3.89. The van der Waals surface area contributed by atoms with E-state index in [2.05, 4.69) is 5.32 Å². The number of ether oxygens (including phenoxy) is 2. The highest BCUT2D eigenvalue weighted by Gasteiger charge is 2.25. The maximum Gasteiger partial charge on any atom is 0.243 e. The minimum Gasteiger partial charge on any atom is -0.486 e. The number of hydrogen-bond donors (Lipinski definition) is 1. The van der Waals surface area contributed by atoms with Gasteiger partial charge in [-0.15, -0.1) is 0 Å². The highest BCUT2D eigenvalue weighted by atomic mass is 32.2. The first-order valence-electron chi connectivity index (χ1n) is 8.74. The number of halogens is 1. The van der Waals surface area contributed by atoms with Gasteiger partial charge in [0.05, 0.1) is 11.4 Å². The van der Waals surface area contributed by atoms with Gasteiger partial charge in [0.15, 0.2) is 11.5 Å². The zero-order valence-corrected chi connectivity index (χ0v) is 16.2. The van der Waals surface area contributed by atoms with Crippen molar-refractivity contribution in [2.24, 2.45) is 0 Å². The number of carbonyl (C=O) groups excluding carboxylic acids is 1. The molecular weight excluding hydrogens is 387 g/mol. The van der Waals surface area contributed by atoms with Gasteiger partial charge in [0.25, 0.3) is 0 Å². The maximum atomic E-state index is 13.6. The summed E-state index contributed by atoms with van der Waals surface area (Å²) < 4.78 is 50.7. The Morgan fingerprint density at radius 2 is 1.86 bits per heavy atom. The smallest absolute Gasteiger partial charge is 0.243 e. The number of carbonyl (C=O) groups is 1. The van der Waals surface area contributed by atoms with E-state index < -0.39 is 15.9 Å². The summed E-state index contributed by atoms with van der Waals surface area (Å²) in [5.41, 5.74) is 0.486. The molecule has 0 atom stereocenters. The Morgan fingerprint density at radius 3 is 2.61 bits per heavy atom. The molecule has 0 spiro atoms. The lowest BCUT2D eigenvalue weighted by Gasteiger charge is -2.21. The lowest BCUT2D eigenvalue weighted by atomic mass is 10.1. The van der Waals surface area contributed by atoms with E-state index >= 15 is 0 Å². The molecule has 1 aliphatic heterocycles. The predicted molar refractivity (Wildman–Crippen MR) is 100 cm³/mol. The summed E-state index contributed by atoms with van der Waals surface area (Å²) in [6.07, 6.45) is 0.317. The topological polar surface area (TPSA) is 84.9 Å². The van der Waals surface area contributed by atoms with Crippen LogP contribution in [-0.4, -0.2) is 52.0 Å². The number of nitrogens with one attached hydrogen (secondary N) is 1. The summed E-state index contributed by atoms with van der Waals surface area (Å²) in [7, 11) is -2.55. The molecule has 7 nitrogen and oxygen atoms in total. The molecule has 2 aromatic carbocycles. The Morgan fingerprint density at radius 1 is 1.14 bits per heavy atom. The van der Waals surface area contributed by atoms with Crippen LogP contribution in [0.3, 0.4) is 0 Å². The molecule has 1 aliphatic rings. The van der Waals surface area contributed by atoms with Crippen molar-refractivity contribution in [2.75, 3.05) is 33.4 Å². The number of amides is 1. The van der Waals surface area contributed by atoms with Gasteiger partial charge in [-0.25, -0.2) is 12.8 Å². The van der Waals surface area contributed by atoms with Gasteiger partial charge in [-0.2, -0.15) is 4.31 Å². The molecule has 150 valence electrons. The fourth-order valence-electron chi connectivity index (χ4n) is 2.74. The van der Waals surface area contributed by atoms with E-state index in [1.54, 1.807) is 18.2 Å². The highest BCUT2D eigenvalue weighted by Crippen LogP contribution is 2.32. The number of rotatable bonds is 7. The van der Waals surface area contributed by atoms with Crippen LogP contribution in [0.4, 0.5) is 4.39 Å². The number of nitrogens with zero attached hydrogens (tertiary/aromatic N) is 1. The molecular formula is C19H21FN2O5S. The average Bonchev–Trinajstić information content (AvgIpc) is 2.69. The summed E-state index contributed by atoms with van der Waals surface area (Å²) in [6, 6.07) is 10.6. The molecule has 0 fully saturated rings. The molecule has 0 saturated heterocycles. The molecule has 0 unspecified atom stereocenters. The quantitative estimate of drug-likeness (QED) is 0.752. The van der Waals surface area contributed by atoms with Crippen molar-refractivity contribution in [2.45, 2.75) is 11.3 Å². The van der Waals surface area contributed by atoms with Gasteiger partial charge >= 0.3 is 0 Å². The van der Waals surface area contributed by atoms with Gasteiger partial charge in [0, 0.05) is 19.7 Å². The van der Waals surface area contributed by atoms with Gasteiger partial charge in [-0.05, 0) is 30.2 Å². The summed E-state index contributed by atoms with van der Waals surface area (Å²) >= 11 is 0. The predicted octanol–water partition coefficient (Wildman–Crippen LogP) is 1.58. The van der Waals surface area contributed by atoms with E-state index in [0.29, 0.717) is 36.7 Å². The second-order valence-electron chi connectivity index (χ2n) is 6.26. The normalized spacial score (nSPS) is 13.4. The Labute approximate surface area is 163 Å². The van der Waals surface area contributed by atoms with E-state index in [0.717, 1.165) is 4.31 Å². The lowest BCUT2D eigenvalue weighted by molar-refractivity contribution is -0.121. The number of sulfonamides is 1. The summed E-state index contributed by atoms with van der Waals surface area (Å²) in [5.74, 6) is 0.0313. The van der Waals surface area contributed by atoms with Gasteiger partial charge in [0.1, 0.15) is 19.0 Å². The summed E-state index contributed by atoms with van der Waals surface area (Å²) in [6.45, 7) is 0.606. The Hall–Kier alpha value is -2.65. The van der Waals surface area contributed by atoms with E-state index in [-0.39, 0.29) is 23.8 Å². The molecule has 3 rings (SSSR count). The second-order valence-corrected chi connectivity index (χ2v) is 8.30. The molecule has 1 amide bonds. The Bertz CT molecular complexity index is 965. The zero-order valence-electron chi connectivity index (χ0n) is 15.4. The molecule has 0 saturated carbocycles. The minimum atomic E-state index is -3.87. The Kier molecular flexibility index (Phi) is 6.15. The second kappa shape index (κ2) is 8.57. The molecule has 0 radical (unpaired) electrons. The van der Waals surface area contributed by atoms with Crippen molar-refractivity contribution in [3.63, 3.8) is 0 Å². The van der Waals surface area contributed by atoms with E-state index in [1.807, 2.05) is 0 Å². The Balaban J connectivity index is 1.57. The van der Waals surface area contributed by atoms with Crippen LogP contribution in [-0.2, 0) is 21.2 Å². The van der Waals surface area contributed by atoms with E-state index in [4.69, 9.17) is 9.47 Å². The first kappa shape index (κ1) is 20.1. The summed E-state index contributed by atoms with van der Waals surface area (Å²) in [4.78, 5) is 12.1. The highest BCUT2D eigenvalue weighted by molar-refractivity contribution is 7.89. The first-order valence-corrected chi connectivity index (χ1v) is 10.2. The van der Waals surface area contributed by atoms with Crippen LogP contribution in [0.15, 0.2) is 47.4 Å². The molecule has 2 aromatic rings. The van der Waals surface area contributed by atoms with Crippen molar-refractivity contribution in [1.29, 1.82) is 0 Å². The van der Waals surface area contributed by atoms with Crippen LogP contribution < -0.4 is 14.8 Å². The third-order valence-electron chi connectivity index (χ3n) is 4.26. The first-order chi connectivity index (χ1) is 13.4. The van der Waals surface area contributed by atoms with Crippen LogP contribution in [0.5, 0.6) is 11.5 Å². The molecule has 0 bridgehead atoms. The van der Waals surface area contributed by atoms with Gasteiger partial charge in [0.2, 0.25) is 15.9 Å². The molecule has 28 heavy (non-hydrogen) atoms. The lowest BCUT2D eigenvalue weighted by Crippen LogP contribution is -2.39. The van der Waals surface area contributed by atoms with E-state index in [1.165, 1.54) is 31.3 Å². The molecule has 1 heterocycles. The largest absolute Gasteiger partial charge is 0.486 e. The minimum absolute atomic E-state index is 0.0124. The van der Waals surface area contributed by atoms with Crippen LogP contribution in [0.2, 0.25) is 0 Å². The van der Waals surface area contributed by atoms with Crippen LogP contribution >= 0.6 is 0 Å². The standard InChI is InChI=1S/C19H21FN2O5S/c1-22(13-19(23)21-9-8-14-4-2-3-5-16(14)20)28(24,25)15-6-7-17-18(12-15)27-11-10-26-17/h2-7,12H,8-11,13H2,1H3,(H,21,23). The average molecular weight is 408 g/mol. The number of fused-ring (bicyclic) bond motifs is 1. The van der Waals surface area contributed by atoms with Crippen molar-refractivity contribution in [3.8, 4) is 11.5 Å². The number of hydrogen-bond acceptors (Lipinski definition) is 5. The molecule has 0 aliphatic carbocycles. The number of likely N-dealkylation sites (N-methyl/N-ethyl adjacent to an activating group) is 1. The van der Waals surface area contributed by atoms with E-state index in [9.17, 15) is 17.6 Å². The van der Waals surface area contributed by atoms with Gasteiger partial charge in [-0.1, -0.05) is 18.2 Å². The monoisotopic (exact) mass is 408 g/mol. The maximum absolute atomic E-state index is 13.6. The fraction of sp³-hybridized carbons (Fsp3) is 0.316. The SMILES string of the molecule is CN(CC(=O)NCCc1ccccc1F)S(=O)(=O)c1ccc2c(c1)OCCO2. The van der Waals surface area contributed by atoms with Crippen molar-refractivity contribution < 1.29 is 27.1 Å².